The smallest absolute Gasteiger partial charge is 0.0630 e. The van der Waals surface area contributed by atoms with E-state index in [1.165, 1.54) is 108 Å². The van der Waals surface area contributed by atoms with Crippen molar-refractivity contribution in [3.05, 3.63) is 0 Å². The number of hydrogen-bond acceptors (Lipinski definition) is 2. The fourth-order valence-corrected chi connectivity index (χ4v) is 4.52. The monoisotopic (exact) mass is 358 g/mol. The fourth-order valence-electron chi connectivity index (χ4n) is 3.24. The van der Waals surface area contributed by atoms with Crippen LogP contribution in [0.5, 0.6) is 0 Å². The molecule has 0 saturated carbocycles. The van der Waals surface area contributed by atoms with E-state index in [1.807, 2.05) is 18.7 Å². The van der Waals surface area contributed by atoms with Gasteiger partial charge in [0.15, 0.2) is 0 Å². The lowest BCUT2D eigenvalue weighted by atomic mass is 10.1. The van der Waals surface area contributed by atoms with Crippen molar-refractivity contribution in [1.82, 2.24) is 0 Å². The molecule has 0 aromatic heterocycles. The Bertz CT molecular complexity index is 230. The van der Waals surface area contributed by atoms with Gasteiger partial charge in [0.2, 0.25) is 0 Å². The Balaban J connectivity index is 3.40. The number of aliphatic hydroxyl groups is 1. The lowest BCUT2D eigenvalue weighted by molar-refractivity contribution is 0.186. The zero-order valence-corrected chi connectivity index (χ0v) is 17.8. The average Bonchev–Trinajstić information content (AvgIpc) is 2.57. The van der Waals surface area contributed by atoms with Gasteiger partial charge in [0.05, 0.1) is 6.10 Å². The third-order valence-electron chi connectivity index (χ3n) is 4.96. The van der Waals surface area contributed by atoms with Crippen molar-refractivity contribution in [3.63, 3.8) is 0 Å². The number of aliphatic hydroxyl groups excluding tert-OH is 1. The Morgan fingerprint density at radius 2 is 1.04 bits per heavy atom. The van der Waals surface area contributed by atoms with Crippen molar-refractivity contribution >= 4 is 11.8 Å². The molecule has 0 saturated heterocycles. The van der Waals surface area contributed by atoms with E-state index in [1.54, 1.807) is 0 Å². The van der Waals surface area contributed by atoms with Gasteiger partial charge in [0.1, 0.15) is 0 Å². The molecule has 2 unspecified atom stereocenters. The maximum Gasteiger partial charge on any atom is 0.0630 e. The molecule has 2 atom stereocenters. The number of rotatable bonds is 19. The summed E-state index contributed by atoms with van der Waals surface area (Å²) in [6.07, 6.45) is 21.8. The molecule has 24 heavy (non-hydrogen) atoms. The third-order valence-corrected chi connectivity index (χ3v) is 6.54. The number of unbranched alkanes of at least 4 members (excludes halogenated alkanes) is 13. The highest BCUT2D eigenvalue weighted by atomic mass is 32.2. The normalized spacial score (nSPS) is 14.0. The SMILES string of the molecule is CCCCCCCCCCCCSC(CCCCCCC)C(C)O. The second kappa shape index (κ2) is 19.6. The predicted molar refractivity (Wildman–Crippen MR) is 113 cm³/mol. The van der Waals surface area contributed by atoms with Crippen LogP contribution in [0.3, 0.4) is 0 Å². The summed E-state index contributed by atoms with van der Waals surface area (Å²) >= 11 is 2.02. The van der Waals surface area contributed by atoms with Gasteiger partial charge >= 0.3 is 0 Å². The third kappa shape index (κ3) is 17.1. The molecule has 0 aliphatic carbocycles. The van der Waals surface area contributed by atoms with Crippen molar-refractivity contribution in [2.24, 2.45) is 0 Å². The minimum absolute atomic E-state index is 0.149. The molecule has 0 heterocycles. The molecule has 2 heteroatoms. The first kappa shape index (κ1) is 24.3. The maximum absolute atomic E-state index is 9.96. The lowest BCUT2D eigenvalue weighted by Crippen LogP contribution is -2.19. The van der Waals surface area contributed by atoms with E-state index in [-0.39, 0.29) is 6.10 Å². The van der Waals surface area contributed by atoms with Crippen molar-refractivity contribution in [2.75, 3.05) is 5.75 Å². The molecule has 0 amide bonds. The minimum atomic E-state index is -0.149. The van der Waals surface area contributed by atoms with Crippen LogP contribution in [0.15, 0.2) is 0 Å². The van der Waals surface area contributed by atoms with Gasteiger partial charge in [-0.2, -0.15) is 11.8 Å². The van der Waals surface area contributed by atoms with Gasteiger partial charge in [-0.3, -0.25) is 0 Å². The molecule has 0 radical (unpaired) electrons. The van der Waals surface area contributed by atoms with Gasteiger partial charge in [-0.25, -0.2) is 0 Å². The second-order valence-corrected chi connectivity index (χ2v) is 8.88. The molecule has 0 spiro atoms. The fraction of sp³-hybridized carbons (Fsp3) is 1.00. The van der Waals surface area contributed by atoms with Crippen LogP contribution >= 0.6 is 11.8 Å². The van der Waals surface area contributed by atoms with Crippen LogP contribution in [0.1, 0.15) is 124 Å². The second-order valence-electron chi connectivity index (χ2n) is 7.53. The molecule has 0 aromatic carbocycles. The molecule has 0 aliphatic rings. The topological polar surface area (TPSA) is 20.2 Å². The summed E-state index contributed by atoms with van der Waals surface area (Å²) in [5, 5.41) is 10.4. The first-order chi connectivity index (χ1) is 11.7. The van der Waals surface area contributed by atoms with E-state index >= 15 is 0 Å². The summed E-state index contributed by atoms with van der Waals surface area (Å²) < 4.78 is 0. The van der Waals surface area contributed by atoms with Gasteiger partial charge in [-0.1, -0.05) is 104 Å². The molecule has 146 valence electrons. The van der Waals surface area contributed by atoms with Gasteiger partial charge in [0, 0.05) is 5.25 Å². The first-order valence-corrected chi connectivity index (χ1v) is 12.1. The zero-order chi connectivity index (χ0) is 17.9. The van der Waals surface area contributed by atoms with E-state index in [0.29, 0.717) is 5.25 Å². The van der Waals surface area contributed by atoms with E-state index in [9.17, 15) is 5.11 Å². The molecule has 0 rings (SSSR count). The van der Waals surface area contributed by atoms with Gasteiger partial charge in [0.25, 0.3) is 0 Å². The molecular formula is C22H46OS. The van der Waals surface area contributed by atoms with Crippen LogP contribution in [-0.4, -0.2) is 22.2 Å². The Morgan fingerprint density at radius 3 is 1.50 bits per heavy atom. The van der Waals surface area contributed by atoms with Gasteiger partial charge in [-0.05, 0) is 25.5 Å². The predicted octanol–water partition coefficient (Wildman–Crippen LogP) is 7.75. The van der Waals surface area contributed by atoms with Crippen LogP contribution in [0.2, 0.25) is 0 Å². The van der Waals surface area contributed by atoms with Gasteiger partial charge < -0.3 is 5.11 Å². The highest BCUT2D eigenvalue weighted by Gasteiger charge is 2.14. The molecule has 0 aromatic rings. The summed E-state index contributed by atoms with van der Waals surface area (Å²) in [6, 6.07) is 0. The average molecular weight is 359 g/mol. The quantitative estimate of drug-likeness (QED) is 0.238. The summed E-state index contributed by atoms with van der Waals surface area (Å²) in [5.74, 6) is 1.24. The molecule has 0 aliphatic heterocycles. The Kier molecular flexibility index (Phi) is 19.9. The molecular weight excluding hydrogens is 312 g/mol. The van der Waals surface area contributed by atoms with Crippen LogP contribution < -0.4 is 0 Å². The highest BCUT2D eigenvalue weighted by molar-refractivity contribution is 7.99. The van der Waals surface area contributed by atoms with Crippen molar-refractivity contribution < 1.29 is 5.11 Å². The Morgan fingerprint density at radius 1 is 0.625 bits per heavy atom. The number of thioether (sulfide) groups is 1. The highest BCUT2D eigenvalue weighted by Crippen LogP contribution is 2.23. The zero-order valence-electron chi connectivity index (χ0n) is 17.0. The largest absolute Gasteiger partial charge is 0.392 e. The van der Waals surface area contributed by atoms with Crippen LogP contribution in [0.4, 0.5) is 0 Å². The maximum atomic E-state index is 9.96. The van der Waals surface area contributed by atoms with E-state index in [2.05, 4.69) is 13.8 Å². The molecule has 0 fully saturated rings. The first-order valence-electron chi connectivity index (χ1n) is 11.0. The number of hydrogen-bond donors (Lipinski definition) is 1. The summed E-state index contributed by atoms with van der Waals surface area (Å²) in [4.78, 5) is 0. The van der Waals surface area contributed by atoms with E-state index in [4.69, 9.17) is 0 Å². The molecule has 1 N–H and O–H groups in total. The molecule has 0 bridgehead atoms. The van der Waals surface area contributed by atoms with Gasteiger partial charge in [-0.15, -0.1) is 0 Å². The molecule has 1 nitrogen and oxygen atoms in total. The van der Waals surface area contributed by atoms with Crippen LogP contribution in [0, 0.1) is 0 Å². The van der Waals surface area contributed by atoms with Crippen molar-refractivity contribution in [2.45, 2.75) is 135 Å². The lowest BCUT2D eigenvalue weighted by Gasteiger charge is -2.19. The summed E-state index contributed by atoms with van der Waals surface area (Å²) in [6.45, 7) is 6.52. The summed E-state index contributed by atoms with van der Waals surface area (Å²) in [5.41, 5.74) is 0. The Hall–Kier alpha value is 0.310. The summed E-state index contributed by atoms with van der Waals surface area (Å²) in [7, 11) is 0. The van der Waals surface area contributed by atoms with E-state index < -0.39 is 0 Å². The van der Waals surface area contributed by atoms with Crippen LogP contribution in [-0.2, 0) is 0 Å². The van der Waals surface area contributed by atoms with Crippen molar-refractivity contribution in [3.8, 4) is 0 Å². The van der Waals surface area contributed by atoms with Crippen molar-refractivity contribution in [1.29, 1.82) is 0 Å². The minimum Gasteiger partial charge on any atom is -0.392 e. The van der Waals surface area contributed by atoms with Crippen LogP contribution in [0.25, 0.3) is 0 Å². The van der Waals surface area contributed by atoms with E-state index in [0.717, 1.165) is 0 Å². The standard InChI is InChI=1S/C22H46OS/c1-4-6-8-10-11-12-13-14-16-18-20-24-22(21(3)23)19-17-15-9-7-5-2/h21-23H,4-20H2,1-3H3. The Labute approximate surface area is 157 Å².